The van der Waals surface area contributed by atoms with Crippen molar-refractivity contribution in [2.24, 2.45) is 7.05 Å². The van der Waals surface area contributed by atoms with E-state index < -0.39 is 11.7 Å². The molecule has 160 valence electrons. The maximum atomic E-state index is 12.6. The SMILES string of the molecule is Cc1ccc(CN(I)I)cc1.Cn1ccn(Cc2cccc(C(F)(F)F)c2)[c]1=[Pt]. The van der Waals surface area contributed by atoms with Gasteiger partial charge in [0, 0.05) is 52.3 Å². The van der Waals surface area contributed by atoms with Crippen molar-refractivity contribution in [3.05, 3.63) is 87.0 Å². The molecule has 0 bridgehead atoms. The molecule has 0 radical (unpaired) electrons. The molecule has 2 aromatic carbocycles. The van der Waals surface area contributed by atoms with Gasteiger partial charge >= 0.3 is 113 Å². The van der Waals surface area contributed by atoms with E-state index >= 15 is 0 Å². The van der Waals surface area contributed by atoms with Gasteiger partial charge in [0.05, 0.1) is 0 Å². The van der Waals surface area contributed by atoms with E-state index in [0.717, 1.165) is 16.4 Å². The molecule has 1 aromatic heterocycles. The van der Waals surface area contributed by atoms with Gasteiger partial charge in [-0.3, -0.25) is 0 Å². The van der Waals surface area contributed by atoms with Gasteiger partial charge in [0.15, 0.2) is 0 Å². The molecule has 0 aliphatic rings. The number of aryl methyl sites for hydroxylation is 2. The van der Waals surface area contributed by atoms with Crippen LogP contribution >= 0.6 is 45.7 Å². The summed E-state index contributed by atoms with van der Waals surface area (Å²) in [6, 6.07) is 14.0. The summed E-state index contributed by atoms with van der Waals surface area (Å²) in [6.07, 6.45) is -0.566. The van der Waals surface area contributed by atoms with Crippen molar-refractivity contribution in [1.82, 2.24) is 10.5 Å². The molecule has 0 aliphatic heterocycles. The molecule has 3 aromatic rings. The van der Waals surface area contributed by atoms with Crippen LogP contribution in [0, 0.1) is 10.7 Å². The van der Waals surface area contributed by atoms with Crippen LogP contribution < -0.4 is 0 Å². The van der Waals surface area contributed by atoms with Gasteiger partial charge in [-0.2, -0.15) is 1.33 Å². The number of halogens is 5. The average molecular weight is 808 g/mol. The van der Waals surface area contributed by atoms with E-state index in [1.54, 1.807) is 6.07 Å². The molecule has 29 heavy (non-hydrogen) atoms. The van der Waals surface area contributed by atoms with Crippen molar-refractivity contribution in [3.8, 4) is 0 Å². The van der Waals surface area contributed by atoms with Gasteiger partial charge in [0.2, 0.25) is 0 Å². The molecule has 9 heteroatoms. The number of benzene rings is 2. The second-order valence-electron chi connectivity index (χ2n) is 6.42. The van der Waals surface area contributed by atoms with Crippen LogP contribution in [0.25, 0.3) is 0 Å². The van der Waals surface area contributed by atoms with E-state index in [4.69, 9.17) is 0 Å². The van der Waals surface area contributed by atoms with E-state index in [9.17, 15) is 13.2 Å². The van der Waals surface area contributed by atoms with Crippen LogP contribution in [0.2, 0.25) is 0 Å². The molecule has 3 nitrogen and oxygen atoms in total. The van der Waals surface area contributed by atoms with Crippen molar-refractivity contribution in [3.63, 3.8) is 0 Å². The molecule has 0 saturated carbocycles. The van der Waals surface area contributed by atoms with Gasteiger partial charge in [0.1, 0.15) is 0 Å². The first kappa shape index (κ1) is 24.8. The topological polar surface area (TPSA) is 13.1 Å². The molecule has 3 rings (SSSR count). The summed E-state index contributed by atoms with van der Waals surface area (Å²) in [4.78, 5) is 0. The van der Waals surface area contributed by atoms with Crippen LogP contribution in [-0.2, 0) is 45.7 Å². The summed E-state index contributed by atoms with van der Waals surface area (Å²) >= 11 is 6.69. The molecule has 0 atom stereocenters. The van der Waals surface area contributed by atoms with Crippen molar-refractivity contribution < 1.29 is 32.5 Å². The van der Waals surface area contributed by atoms with E-state index in [0.29, 0.717) is 12.1 Å². The normalized spacial score (nSPS) is 11.4. The number of imidazole rings is 1. The number of rotatable bonds is 4. The monoisotopic (exact) mass is 808 g/mol. The van der Waals surface area contributed by atoms with Gasteiger partial charge in [-0.25, -0.2) is 0 Å². The van der Waals surface area contributed by atoms with Gasteiger partial charge < -0.3 is 0 Å². The third-order valence-electron chi connectivity index (χ3n) is 3.99. The number of aromatic nitrogens is 2. The summed E-state index contributed by atoms with van der Waals surface area (Å²) in [7, 11) is 1.89. The van der Waals surface area contributed by atoms with Crippen LogP contribution in [-0.4, -0.2) is 10.5 Å². The standard InChI is InChI=1S/C12H11F3N2.C8H9I2N.Pt/c1-16-5-6-17(9-16)8-10-3-2-4-11(7-10)12(13,14)15;1-7-2-4-8(5-3-7)6-11(9)10;/h2-7H,8H2,1H3;2-5H,6H2,1H3;. The van der Waals surface area contributed by atoms with Gasteiger partial charge in [0.25, 0.3) is 0 Å². The first-order chi connectivity index (χ1) is 13.6. The Kier molecular flexibility index (Phi) is 9.62. The third-order valence-corrected chi connectivity index (χ3v) is 6.12. The predicted octanol–water partition coefficient (Wildman–Crippen LogP) is 6.47. The Balaban J connectivity index is 0.000000234. The van der Waals surface area contributed by atoms with Crippen molar-refractivity contribution in [2.45, 2.75) is 26.2 Å². The Morgan fingerprint density at radius 2 is 1.66 bits per heavy atom. The first-order valence-corrected chi connectivity index (χ1v) is 11.6. The maximum absolute atomic E-state index is 12.6. The Labute approximate surface area is 207 Å². The Bertz CT molecular complexity index is 980. The molecular formula is C20H20F3I2N3Pt. The van der Waals surface area contributed by atoms with E-state index in [-0.39, 0.29) is 0 Å². The summed E-state index contributed by atoms with van der Waals surface area (Å²) < 4.78 is 44.6. The molecule has 0 amide bonds. The zero-order chi connectivity index (χ0) is 21.6. The quantitative estimate of drug-likeness (QED) is 0.218. The molecule has 0 aliphatic carbocycles. The molecular weight excluding hydrogens is 788 g/mol. The number of nitrogens with zero attached hydrogens (tertiary/aromatic N) is 3. The summed E-state index contributed by atoms with van der Waals surface area (Å²) in [6.45, 7) is 3.54. The minimum absolute atomic E-state index is 0.434. The second-order valence-corrected chi connectivity index (χ2v) is 11.6. The fraction of sp³-hybridized carbons (Fsp3) is 0.250. The summed E-state index contributed by atoms with van der Waals surface area (Å²) in [5.41, 5.74) is 2.72. The van der Waals surface area contributed by atoms with E-state index in [1.165, 1.54) is 23.3 Å². The Morgan fingerprint density at radius 1 is 1.00 bits per heavy atom. The number of hydrogen-bond donors (Lipinski definition) is 0. The van der Waals surface area contributed by atoms with Gasteiger partial charge in [-0.05, 0) is 12.5 Å². The molecule has 0 spiro atoms. The van der Waals surface area contributed by atoms with Crippen LogP contribution in [0.3, 0.4) is 0 Å². The zero-order valence-electron chi connectivity index (χ0n) is 15.7. The zero-order valence-corrected chi connectivity index (χ0v) is 22.3. The van der Waals surface area contributed by atoms with Gasteiger partial charge in [-0.15, -0.1) is 0 Å². The Hall–Kier alpha value is -0.452. The molecule has 0 N–H and O–H groups in total. The third kappa shape index (κ3) is 8.30. The van der Waals surface area contributed by atoms with Crippen LogP contribution in [0.5, 0.6) is 0 Å². The van der Waals surface area contributed by atoms with E-state index in [1.807, 2.05) is 28.6 Å². The Morgan fingerprint density at radius 3 is 2.17 bits per heavy atom. The fourth-order valence-electron chi connectivity index (χ4n) is 2.48. The summed E-state index contributed by atoms with van der Waals surface area (Å²) in [5.74, 6) is 0. The fourth-order valence-corrected chi connectivity index (χ4v) is 3.79. The van der Waals surface area contributed by atoms with Gasteiger partial charge in [-0.1, -0.05) is 29.8 Å². The van der Waals surface area contributed by atoms with Crippen LogP contribution in [0.4, 0.5) is 13.2 Å². The number of alkyl halides is 3. The van der Waals surface area contributed by atoms with Crippen molar-refractivity contribution >= 4 is 45.7 Å². The molecule has 0 unspecified atom stereocenters. The van der Waals surface area contributed by atoms with Crippen LogP contribution in [0.15, 0.2) is 60.9 Å². The van der Waals surface area contributed by atoms with Crippen molar-refractivity contribution in [1.29, 1.82) is 0 Å². The molecule has 0 fully saturated rings. The predicted molar refractivity (Wildman–Crippen MR) is 122 cm³/mol. The minimum atomic E-state index is -4.29. The van der Waals surface area contributed by atoms with Crippen molar-refractivity contribution in [2.75, 3.05) is 0 Å². The number of hydrogen-bond acceptors (Lipinski definition) is 1. The first-order valence-electron chi connectivity index (χ1n) is 8.54. The average Bonchev–Trinajstić information content (AvgIpc) is 2.95. The van der Waals surface area contributed by atoms with E-state index in [2.05, 4.69) is 97.6 Å². The second kappa shape index (κ2) is 11.2. The summed E-state index contributed by atoms with van der Waals surface area (Å²) in [5, 5.41) is 0. The molecule has 1 heterocycles. The molecule has 0 saturated heterocycles. The van der Waals surface area contributed by atoms with Crippen LogP contribution in [0.1, 0.15) is 22.3 Å².